The lowest BCUT2D eigenvalue weighted by atomic mass is 10.3. The zero-order valence-electron chi connectivity index (χ0n) is 7.17. The molecule has 7 nitrogen and oxygen atoms in total. The molecule has 0 spiro atoms. The van der Waals surface area contributed by atoms with E-state index >= 15 is 0 Å². The third-order valence-corrected chi connectivity index (χ3v) is 1.57. The highest BCUT2D eigenvalue weighted by Crippen LogP contribution is 2.30. The second kappa shape index (κ2) is 3.69. The summed E-state index contributed by atoms with van der Waals surface area (Å²) in [7, 11) is 1.26. The van der Waals surface area contributed by atoms with Gasteiger partial charge in [0.2, 0.25) is 0 Å². The molecule has 74 valence electrons. The summed E-state index contributed by atoms with van der Waals surface area (Å²) in [6.45, 7) is 0. The third-order valence-electron chi connectivity index (χ3n) is 1.57. The average Bonchev–Trinajstić information content (AvgIpc) is 2.16. The molecule has 0 aliphatic rings. The molecule has 0 bridgehead atoms. The summed E-state index contributed by atoms with van der Waals surface area (Å²) >= 11 is 0. The Labute approximate surface area is 78.2 Å². The smallest absolute Gasteiger partial charge is 0.317 e. The van der Waals surface area contributed by atoms with Crippen LogP contribution in [0.25, 0.3) is 0 Å². The molecule has 0 heterocycles. The molecule has 0 saturated carbocycles. The largest absolute Gasteiger partial charge is 0.490 e. The van der Waals surface area contributed by atoms with Crippen molar-refractivity contribution in [1.29, 1.82) is 0 Å². The Hall–Kier alpha value is -2.18. The van der Waals surface area contributed by atoms with Crippen molar-refractivity contribution in [2.75, 3.05) is 7.11 Å². The van der Waals surface area contributed by atoms with Gasteiger partial charge in [-0.2, -0.15) is 0 Å². The van der Waals surface area contributed by atoms with Gasteiger partial charge in [0.25, 0.3) is 5.69 Å². The van der Waals surface area contributed by atoms with Crippen molar-refractivity contribution in [2.45, 2.75) is 0 Å². The van der Waals surface area contributed by atoms with Crippen LogP contribution < -0.4 is 4.74 Å². The number of benzene rings is 1. The highest BCUT2D eigenvalue weighted by molar-refractivity contribution is 5.53. The van der Waals surface area contributed by atoms with E-state index in [4.69, 9.17) is 0 Å². The van der Waals surface area contributed by atoms with E-state index in [2.05, 4.69) is 4.74 Å². The Balaban J connectivity index is 3.27. The second-order valence-electron chi connectivity index (χ2n) is 2.37. The predicted octanol–water partition coefficient (Wildman–Crippen LogP) is 1.51. The summed E-state index contributed by atoms with van der Waals surface area (Å²) in [5.41, 5.74) is -0.751. The summed E-state index contributed by atoms with van der Waals surface area (Å²) in [6.07, 6.45) is 0. The third kappa shape index (κ3) is 1.76. The van der Waals surface area contributed by atoms with Gasteiger partial charge in [-0.15, -0.1) is 0 Å². The maximum Gasteiger partial charge on any atom is 0.317 e. The van der Waals surface area contributed by atoms with Gasteiger partial charge in [0.05, 0.1) is 23.0 Å². The van der Waals surface area contributed by atoms with Crippen molar-refractivity contribution in [3.8, 4) is 5.75 Å². The Morgan fingerprint density at radius 2 is 1.86 bits per heavy atom. The van der Waals surface area contributed by atoms with E-state index in [1.807, 2.05) is 0 Å². The molecule has 0 fully saturated rings. The highest BCUT2D eigenvalue weighted by Gasteiger charge is 2.19. The Bertz CT molecular complexity index is 390. The Kier molecular flexibility index (Phi) is 2.61. The normalized spacial score (nSPS) is 9.50. The molecule has 1 rings (SSSR count). The highest BCUT2D eigenvalue weighted by atomic mass is 16.9. The zero-order chi connectivity index (χ0) is 10.7. The summed E-state index contributed by atoms with van der Waals surface area (Å²) in [5.74, 6) is 0.000556. The molecule has 0 N–H and O–H groups in total. The number of rotatable bonds is 3. The second-order valence-corrected chi connectivity index (χ2v) is 2.37. The van der Waals surface area contributed by atoms with E-state index in [0.29, 0.717) is 0 Å². The molecular weight excluding hydrogens is 194 g/mol. The quantitative estimate of drug-likeness (QED) is 0.418. The number of hydrogen-bond donors (Lipinski definition) is 0. The molecule has 0 atom stereocenters. The van der Waals surface area contributed by atoms with Gasteiger partial charge in [-0.05, 0) is 6.07 Å². The van der Waals surface area contributed by atoms with Crippen LogP contribution in [0.5, 0.6) is 5.75 Å². The first kappa shape index (κ1) is 9.90. The molecule has 1 aromatic carbocycles. The Morgan fingerprint density at radius 1 is 1.21 bits per heavy atom. The van der Waals surface area contributed by atoms with Gasteiger partial charge in [-0.3, -0.25) is 20.2 Å². The van der Waals surface area contributed by atoms with E-state index in [1.54, 1.807) is 0 Å². The van der Waals surface area contributed by atoms with Gasteiger partial charge in [0.1, 0.15) is 0 Å². The number of nitrogens with zero attached hydrogens (tertiary/aromatic N) is 2. The lowest BCUT2D eigenvalue weighted by Gasteiger charge is -1.99. The fraction of sp³-hybridized carbons (Fsp3) is 0.143. The van der Waals surface area contributed by atoms with E-state index in [1.165, 1.54) is 13.2 Å². The fourth-order valence-electron chi connectivity index (χ4n) is 0.935. The number of nitro benzene ring substituents is 2. The zero-order valence-corrected chi connectivity index (χ0v) is 7.17. The van der Waals surface area contributed by atoms with Crippen LogP contribution in [0.2, 0.25) is 0 Å². The van der Waals surface area contributed by atoms with E-state index < -0.39 is 15.5 Å². The predicted molar refractivity (Wildman–Crippen MR) is 46.3 cm³/mol. The SMILES string of the molecule is COc1ccc([15N+](=O)[O-])cc1[15N+](=O)[O-]. The van der Waals surface area contributed by atoms with Crippen molar-refractivity contribution in [3.05, 3.63) is 38.4 Å². The molecule has 1 aromatic rings. The van der Waals surface area contributed by atoms with Crippen LogP contribution in [0.15, 0.2) is 18.2 Å². The molecule has 0 saturated heterocycles. The minimum Gasteiger partial charge on any atom is -0.490 e. The van der Waals surface area contributed by atoms with Crippen molar-refractivity contribution in [3.63, 3.8) is 0 Å². The van der Waals surface area contributed by atoms with Crippen molar-refractivity contribution >= 4 is 11.4 Å². The molecule has 0 amide bonds. The van der Waals surface area contributed by atoms with Crippen LogP contribution in [0.1, 0.15) is 0 Å². The maximum absolute atomic E-state index is 10.5. The van der Waals surface area contributed by atoms with Gasteiger partial charge in [0, 0.05) is 6.07 Å². The summed E-state index contributed by atoms with van der Waals surface area (Å²) in [5, 5.41) is 20.8. The minimum absolute atomic E-state index is 0.000556. The first-order valence-electron chi connectivity index (χ1n) is 3.53. The molecule has 14 heavy (non-hydrogen) atoms. The minimum atomic E-state index is -0.730. The molecule has 0 aliphatic carbocycles. The monoisotopic (exact) mass is 200 g/mol. The number of non-ortho nitro benzene ring substituents is 1. The molecule has 0 aromatic heterocycles. The summed E-state index contributed by atoms with van der Waals surface area (Å²) < 4.78 is 4.68. The van der Waals surface area contributed by atoms with Crippen LogP contribution in [0.3, 0.4) is 0 Å². The Morgan fingerprint density at radius 3 is 2.29 bits per heavy atom. The van der Waals surface area contributed by atoms with Crippen LogP contribution in [0.4, 0.5) is 11.4 Å². The lowest BCUT2D eigenvalue weighted by Crippen LogP contribution is -1.95. The van der Waals surface area contributed by atoms with Gasteiger partial charge in [0.15, 0.2) is 5.75 Å². The first-order chi connectivity index (χ1) is 6.56. The first-order valence-corrected chi connectivity index (χ1v) is 3.53. The molecular formula is C7H6N2O5. The standard InChI is InChI=1S/C7H6N2O5/c1-14-7-3-2-5(8(10)11)4-6(7)9(12)13/h2-4H,1H3/i8+1,9+1. The van der Waals surface area contributed by atoms with Gasteiger partial charge >= 0.3 is 5.69 Å². The number of nitro groups is 2. The van der Waals surface area contributed by atoms with Crippen LogP contribution in [-0.4, -0.2) is 17.0 Å². The van der Waals surface area contributed by atoms with Crippen LogP contribution >= 0.6 is 0 Å². The van der Waals surface area contributed by atoms with E-state index in [9.17, 15) is 20.2 Å². The van der Waals surface area contributed by atoms with E-state index in [0.717, 1.165) is 12.1 Å². The molecule has 0 aliphatic heterocycles. The summed E-state index contributed by atoms with van der Waals surface area (Å²) in [4.78, 5) is 19.3. The van der Waals surface area contributed by atoms with Crippen molar-refractivity contribution in [1.82, 2.24) is 0 Å². The maximum atomic E-state index is 10.5. The molecule has 7 heteroatoms. The van der Waals surface area contributed by atoms with Crippen LogP contribution in [-0.2, 0) is 0 Å². The van der Waals surface area contributed by atoms with Gasteiger partial charge in [-0.25, -0.2) is 0 Å². The van der Waals surface area contributed by atoms with Gasteiger partial charge < -0.3 is 4.74 Å². The fourth-order valence-corrected chi connectivity index (χ4v) is 0.935. The number of methoxy groups -OCH3 is 1. The number of ether oxygens (including phenoxy) is 1. The molecule has 0 unspecified atom stereocenters. The number of hydrogen-bond acceptors (Lipinski definition) is 5. The van der Waals surface area contributed by atoms with Crippen molar-refractivity contribution in [2.24, 2.45) is 0 Å². The topological polar surface area (TPSA) is 95.5 Å². The van der Waals surface area contributed by atoms with E-state index in [-0.39, 0.29) is 11.4 Å². The lowest BCUT2D eigenvalue weighted by molar-refractivity contribution is -0.394. The molecule has 0 radical (unpaired) electrons. The summed E-state index contributed by atoms with van der Waals surface area (Å²) in [6, 6.07) is 3.20. The average molecular weight is 200 g/mol. The van der Waals surface area contributed by atoms with Gasteiger partial charge in [-0.1, -0.05) is 0 Å². The van der Waals surface area contributed by atoms with Crippen LogP contribution in [0, 0.1) is 20.2 Å². The van der Waals surface area contributed by atoms with Crippen molar-refractivity contribution < 1.29 is 14.6 Å².